The van der Waals surface area contributed by atoms with Gasteiger partial charge in [-0.2, -0.15) is 0 Å². The van der Waals surface area contributed by atoms with Crippen LogP contribution >= 0.6 is 15.9 Å². The number of carbonyl (C=O) groups is 1. The summed E-state index contributed by atoms with van der Waals surface area (Å²) in [6, 6.07) is 5.94. The number of fused-ring (bicyclic) bond motifs is 1. The van der Waals surface area contributed by atoms with Crippen molar-refractivity contribution in [2.24, 2.45) is 4.99 Å². The Morgan fingerprint density at radius 3 is 3.10 bits per heavy atom. The Labute approximate surface area is 125 Å². The standard InChI is InChI=1S/C14H15BrN4O/c1-16-14(20)11-7-19(8-13-17-4-5-18-13)12-6-9(15)2-3-10(11)12/h2-3,6-7H,4-5,8H2,1H3,(H,16,20)(H,17,18). The average molecular weight is 335 g/mol. The first kappa shape index (κ1) is 13.2. The SMILES string of the molecule is CNC(=O)c1cn(CC2=NCCN2)c2cc(Br)ccc12. The highest BCUT2D eigenvalue weighted by molar-refractivity contribution is 9.10. The van der Waals surface area contributed by atoms with Gasteiger partial charge in [0.1, 0.15) is 5.84 Å². The first-order valence-corrected chi connectivity index (χ1v) is 7.26. The van der Waals surface area contributed by atoms with Crippen molar-refractivity contribution in [3.8, 4) is 0 Å². The van der Waals surface area contributed by atoms with Crippen LogP contribution < -0.4 is 10.6 Å². The maximum Gasteiger partial charge on any atom is 0.253 e. The summed E-state index contributed by atoms with van der Waals surface area (Å²) >= 11 is 3.48. The largest absolute Gasteiger partial charge is 0.370 e. The number of aromatic nitrogens is 1. The van der Waals surface area contributed by atoms with Gasteiger partial charge in [0, 0.05) is 29.6 Å². The number of carbonyl (C=O) groups excluding carboxylic acids is 1. The molecule has 1 amide bonds. The monoisotopic (exact) mass is 334 g/mol. The summed E-state index contributed by atoms with van der Waals surface area (Å²) in [5, 5.41) is 6.89. The zero-order valence-corrected chi connectivity index (χ0v) is 12.7. The van der Waals surface area contributed by atoms with Gasteiger partial charge in [0.25, 0.3) is 5.91 Å². The smallest absolute Gasteiger partial charge is 0.253 e. The van der Waals surface area contributed by atoms with Crippen LogP contribution in [0.5, 0.6) is 0 Å². The van der Waals surface area contributed by atoms with Gasteiger partial charge in [0.2, 0.25) is 0 Å². The summed E-state index contributed by atoms with van der Waals surface area (Å²) in [7, 11) is 1.65. The van der Waals surface area contributed by atoms with E-state index in [2.05, 4.69) is 36.1 Å². The molecule has 1 aliphatic rings. The van der Waals surface area contributed by atoms with Crippen molar-refractivity contribution in [3.05, 3.63) is 34.4 Å². The first-order chi connectivity index (χ1) is 9.69. The van der Waals surface area contributed by atoms with Crippen LogP contribution in [-0.4, -0.2) is 36.4 Å². The third-order valence-electron chi connectivity index (χ3n) is 3.38. The fourth-order valence-electron chi connectivity index (χ4n) is 2.43. The Kier molecular flexibility index (Phi) is 3.48. The summed E-state index contributed by atoms with van der Waals surface area (Å²) in [5.74, 6) is 0.891. The van der Waals surface area contributed by atoms with Crippen LogP contribution in [0.2, 0.25) is 0 Å². The maximum absolute atomic E-state index is 12.0. The normalized spacial score (nSPS) is 14.2. The first-order valence-electron chi connectivity index (χ1n) is 6.46. The summed E-state index contributed by atoms with van der Waals surface area (Å²) in [6.45, 7) is 2.37. The van der Waals surface area contributed by atoms with E-state index < -0.39 is 0 Å². The van der Waals surface area contributed by atoms with E-state index in [0.29, 0.717) is 12.1 Å². The fraction of sp³-hybridized carbons (Fsp3) is 0.286. The molecule has 0 saturated heterocycles. The van der Waals surface area contributed by atoms with Crippen molar-refractivity contribution >= 4 is 38.6 Å². The van der Waals surface area contributed by atoms with E-state index in [4.69, 9.17) is 0 Å². The molecule has 0 radical (unpaired) electrons. The van der Waals surface area contributed by atoms with Gasteiger partial charge in [-0.25, -0.2) is 0 Å². The second-order valence-corrected chi connectivity index (χ2v) is 5.58. The molecule has 2 aromatic rings. The highest BCUT2D eigenvalue weighted by Gasteiger charge is 2.16. The molecule has 0 aliphatic carbocycles. The van der Waals surface area contributed by atoms with Gasteiger partial charge in [-0.1, -0.05) is 22.0 Å². The quantitative estimate of drug-likeness (QED) is 0.898. The lowest BCUT2D eigenvalue weighted by atomic mass is 10.1. The van der Waals surface area contributed by atoms with Gasteiger partial charge in [-0.05, 0) is 12.1 Å². The number of nitrogens with one attached hydrogen (secondary N) is 2. The molecular formula is C14H15BrN4O. The minimum atomic E-state index is -0.0719. The predicted octanol–water partition coefficient (Wildman–Crippen LogP) is 1.77. The van der Waals surface area contributed by atoms with Crippen LogP contribution in [0.3, 0.4) is 0 Å². The summed E-state index contributed by atoms with van der Waals surface area (Å²) in [5.41, 5.74) is 1.71. The van der Waals surface area contributed by atoms with E-state index in [-0.39, 0.29) is 5.91 Å². The molecule has 0 atom stereocenters. The average Bonchev–Trinajstić information content (AvgIpc) is 3.07. The number of aliphatic imine (C=N–C) groups is 1. The zero-order chi connectivity index (χ0) is 14.1. The zero-order valence-electron chi connectivity index (χ0n) is 11.1. The third kappa shape index (κ3) is 2.31. The molecule has 104 valence electrons. The summed E-state index contributed by atoms with van der Waals surface area (Å²) < 4.78 is 3.05. The van der Waals surface area contributed by atoms with Crippen molar-refractivity contribution in [2.45, 2.75) is 6.54 Å². The molecule has 20 heavy (non-hydrogen) atoms. The van der Waals surface area contributed by atoms with Crippen molar-refractivity contribution in [3.63, 3.8) is 0 Å². The Bertz CT molecular complexity index is 705. The van der Waals surface area contributed by atoms with Crippen LogP contribution in [0.1, 0.15) is 10.4 Å². The minimum Gasteiger partial charge on any atom is -0.370 e. The van der Waals surface area contributed by atoms with Gasteiger partial charge in [0.05, 0.1) is 24.2 Å². The topological polar surface area (TPSA) is 58.4 Å². The molecule has 1 aromatic carbocycles. The van der Waals surface area contributed by atoms with E-state index in [1.165, 1.54) is 0 Å². The number of hydrogen-bond donors (Lipinski definition) is 2. The molecule has 0 fully saturated rings. The summed E-state index contributed by atoms with van der Waals surface area (Å²) in [6.07, 6.45) is 1.89. The number of amidine groups is 1. The van der Waals surface area contributed by atoms with Crippen molar-refractivity contribution in [2.75, 3.05) is 20.1 Å². The van der Waals surface area contributed by atoms with E-state index >= 15 is 0 Å². The molecule has 2 N–H and O–H groups in total. The lowest BCUT2D eigenvalue weighted by molar-refractivity contribution is 0.0964. The van der Waals surface area contributed by atoms with E-state index in [1.54, 1.807) is 7.05 Å². The fourth-order valence-corrected chi connectivity index (χ4v) is 2.77. The molecule has 0 saturated carbocycles. The Hall–Kier alpha value is -1.82. The Morgan fingerprint density at radius 1 is 1.55 bits per heavy atom. The molecule has 0 unspecified atom stereocenters. The number of halogens is 1. The molecule has 1 aromatic heterocycles. The Morgan fingerprint density at radius 2 is 2.40 bits per heavy atom. The van der Waals surface area contributed by atoms with Gasteiger partial charge >= 0.3 is 0 Å². The number of amides is 1. The van der Waals surface area contributed by atoms with Gasteiger partial charge in [-0.15, -0.1) is 0 Å². The molecule has 0 bridgehead atoms. The number of hydrogen-bond acceptors (Lipinski definition) is 3. The van der Waals surface area contributed by atoms with Crippen molar-refractivity contribution in [1.82, 2.24) is 15.2 Å². The number of benzene rings is 1. The second-order valence-electron chi connectivity index (χ2n) is 4.67. The number of rotatable bonds is 3. The van der Waals surface area contributed by atoms with Crippen LogP contribution in [0.4, 0.5) is 0 Å². The van der Waals surface area contributed by atoms with Crippen LogP contribution in [-0.2, 0) is 6.54 Å². The molecule has 6 heteroatoms. The minimum absolute atomic E-state index is 0.0719. The van der Waals surface area contributed by atoms with E-state index in [1.807, 2.05) is 24.4 Å². The van der Waals surface area contributed by atoms with Gasteiger partial charge in [0.15, 0.2) is 0 Å². The molecule has 2 heterocycles. The molecular weight excluding hydrogens is 320 g/mol. The molecule has 1 aliphatic heterocycles. The lowest BCUT2D eigenvalue weighted by Gasteiger charge is -2.06. The summed E-state index contributed by atoms with van der Waals surface area (Å²) in [4.78, 5) is 16.4. The maximum atomic E-state index is 12.0. The van der Waals surface area contributed by atoms with Crippen LogP contribution in [0.15, 0.2) is 33.9 Å². The van der Waals surface area contributed by atoms with Crippen LogP contribution in [0.25, 0.3) is 10.9 Å². The third-order valence-corrected chi connectivity index (χ3v) is 3.87. The number of nitrogens with zero attached hydrogens (tertiary/aromatic N) is 2. The Balaban J connectivity index is 2.10. The molecule has 0 spiro atoms. The second kappa shape index (κ2) is 5.28. The highest BCUT2D eigenvalue weighted by atomic mass is 79.9. The van der Waals surface area contributed by atoms with Crippen molar-refractivity contribution < 1.29 is 4.79 Å². The highest BCUT2D eigenvalue weighted by Crippen LogP contribution is 2.25. The molecule has 5 nitrogen and oxygen atoms in total. The predicted molar refractivity (Wildman–Crippen MR) is 83.3 cm³/mol. The molecule has 3 rings (SSSR count). The van der Waals surface area contributed by atoms with E-state index in [0.717, 1.165) is 34.3 Å². The van der Waals surface area contributed by atoms with Crippen molar-refractivity contribution in [1.29, 1.82) is 0 Å². The van der Waals surface area contributed by atoms with Gasteiger partial charge in [-0.3, -0.25) is 9.79 Å². The van der Waals surface area contributed by atoms with E-state index in [9.17, 15) is 4.79 Å². The van der Waals surface area contributed by atoms with Gasteiger partial charge < -0.3 is 15.2 Å². The lowest BCUT2D eigenvalue weighted by Crippen LogP contribution is -2.23. The van der Waals surface area contributed by atoms with Crippen LogP contribution in [0, 0.1) is 0 Å².